The number of hydrogen-bond acceptors (Lipinski definition) is 8. The van der Waals surface area contributed by atoms with Crippen molar-refractivity contribution in [2.24, 2.45) is 10.9 Å². The van der Waals surface area contributed by atoms with E-state index in [1.165, 1.54) is 0 Å². The second-order valence-corrected chi connectivity index (χ2v) is 9.14. The highest BCUT2D eigenvalue weighted by atomic mass is 16.5. The van der Waals surface area contributed by atoms with Gasteiger partial charge in [-0.05, 0) is 30.6 Å². The van der Waals surface area contributed by atoms with Gasteiger partial charge in [-0.2, -0.15) is 0 Å². The zero-order valence-corrected chi connectivity index (χ0v) is 22.1. The maximum atomic E-state index is 6.32. The zero-order valence-electron chi connectivity index (χ0n) is 22.1. The number of benzene rings is 1. The van der Waals surface area contributed by atoms with Crippen molar-refractivity contribution >= 4 is 6.34 Å². The Morgan fingerprint density at radius 1 is 1.22 bits per heavy atom. The second-order valence-electron chi connectivity index (χ2n) is 9.14. The highest BCUT2D eigenvalue weighted by Gasteiger charge is 2.21. The molecule has 1 aromatic carbocycles. The van der Waals surface area contributed by atoms with Gasteiger partial charge in [0.25, 0.3) is 0 Å². The summed E-state index contributed by atoms with van der Waals surface area (Å²) in [5, 5.41) is 10.2. The number of nitrogens with zero attached hydrogens (tertiary/aromatic N) is 2. The van der Waals surface area contributed by atoms with Crippen LogP contribution >= 0.6 is 0 Å². The maximum absolute atomic E-state index is 6.32. The van der Waals surface area contributed by atoms with Crippen LogP contribution in [0.3, 0.4) is 0 Å². The van der Waals surface area contributed by atoms with Crippen molar-refractivity contribution in [3.05, 3.63) is 65.4 Å². The van der Waals surface area contributed by atoms with Crippen LogP contribution in [0.25, 0.3) is 0 Å². The van der Waals surface area contributed by atoms with Crippen LogP contribution in [0.5, 0.6) is 17.2 Å². The predicted molar refractivity (Wildman–Crippen MR) is 146 cm³/mol. The fraction of sp³-hybridized carbons (Fsp3) is 0.464. The molecule has 4 rings (SSSR count). The smallest absolute Gasteiger partial charge is 0.219 e. The van der Waals surface area contributed by atoms with Gasteiger partial charge in [-0.25, -0.2) is 0 Å². The molecule has 37 heavy (non-hydrogen) atoms. The van der Waals surface area contributed by atoms with E-state index in [-0.39, 0.29) is 0 Å². The van der Waals surface area contributed by atoms with Crippen molar-refractivity contribution in [2.75, 3.05) is 60.2 Å². The number of nitrogens with one attached hydrogen (secondary N) is 3. The maximum Gasteiger partial charge on any atom is 0.219 e. The monoisotopic (exact) mass is 509 g/mol. The largest absolute Gasteiger partial charge is 0.493 e. The summed E-state index contributed by atoms with van der Waals surface area (Å²) in [6.45, 7) is 8.49. The van der Waals surface area contributed by atoms with Gasteiger partial charge in [0.1, 0.15) is 5.75 Å². The lowest BCUT2D eigenvalue weighted by Gasteiger charge is -2.26. The SMILES string of the molecule is CN=CNC1=C(CNC2=CC=CC(C)C=C2)NCc2cc(OCCCN3CCOCC3)c(OC)cc2O1. The number of morpholine rings is 1. The number of hydrogen-bond donors (Lipinski definition) is 3. The molecule has 1 saturated heterocycles. The van der Waals surface area contributed by atoms with Gasteiger partial charge < -0.3 is 34.9 Å². The van der Waals surface area contributed by atoms with Gasteiger partial charge >= 0.3 is 0 Å². The summed E-state index contributed by atoms with van der Waals surface area (Å²) >= 11 is 0. The molecule has 1 fully saturated rings. The average Bonchev–Trinajstić information content (AvgIpc) is 3.23. The zero-order chi connectivity index (χ0) is 25.9. The summed E-state index contributed by atoms with van der Waals surface area (Å²) in [6.07, 6.45) is 13.1. The average molecular weight is 510 g/mol. The van der Waals surface area contributed by atoms with Gasteiger partial charge in [-0.3, -0.25) is 9.89 Å². The van der Waals surface area contributed by atoms with Gasteiger partial charge in [0, 0.05) is 50.6 Å². The Morgan fingerprint density at radius 3 is 2.89 bits per heavy atom. The van der Waals surface area contributed by atoms with E-state index in [4.69, 9.17) is 18.9 Å². The molecule has 0 saturated carbocycles. The lowest BCUT2D eigenvalue weighted by Crippen LogP contribution is -2.37. The minimum Gasteiger partial charge on any atom is -0.493 e. The van der Waals surface area contributed by atoms with Crippen LogP contribution in [0.2, 0.25) is 0 Å². The third kappa shape index (κ3) is 7.77. The molecule has 0 bridgehead atoms. The standard InChI is InChI=1S/C28H39N5O4/c1-21-6-4-7-23(9-8-21)30-19-24-28(32-20-29-2)37-25-17-26(34-3)27(16-22(25)18-31-24)36-13-5-10-33-11-14-35-15-12-33/h4,6-9,16-17,20-21,30-31H,5,10-15,18-19H2,1-3H3,(H,29,32). The van der Waals surface area contributed by atoms with E-state index in [0.717, 1.165) is 62.0 Å². The molecule has 200 valence electrons. The summed E-state index contributed by atoms with van der Waals surface area (Å²) in [4.78, 5) is 6.47. The second kappa shape index (κ2) is 13.8. The van der Waals surface area contributed by atoms with Crippen LogP contribution in [0.4, 0.5) is 0 Å². The minimum atomic E-state index is 0.410. The lowest BCUT2D eigenvalue weighted by atomic mass is 10.1. The first-order valence-corrected chi connectivity index (χ1v) is 12.9. The van der Waals surface area contributed by atoms with Crippen molar-refractivity contribution in [3.8, 4) is 17.2 Å². The molecular weight excluding hydrogens is 470 g/mol. The molecule has 0 aromatic heterocycles. The molecular formula is C28H39N5O4. The molecule has 3 N–H and O–H groups in total. The number of rotatable bonds is 11. The van der Waals surface area contributed by atoms with Crippen molar-refractivity contribution in [3.63, 3.8) is 0 Å². The Morgan fingerprint density at radius 2 is 2.08 bits per heavy atom. The van der Waals surface area contributed by atoms with E-state index in [1.807, 2.05) is 12.1 Å². The first-order valence-electron chi connectivity index (χ1n) is 12.9. The summed E-state index contributed by atoms with van der Waals surface area (Å²) in [6, 6.07) is 3.89. The number of methoxy groups -OCH3 is 1. The Balaban J connectivity index is 1.42. The fourth-order valence-corrected chi connectivity index (χ4v) is 4.24. The van der Waals surface area contributed by atoms with E-state index in [2.05, 4.69) is 63.1 Å². The Labute approximate surface area is 219 Å². The third-order valence-electron chi connectivity index (χ3n) is 6.37. The molecule has 3 aliphatic rings. The van der Waals surface area contributed by atoms with Crippen molar-refractivity contribution in [1.82, 2.24) is 20.9 Å². The summed E-state index contributed by atoms with van der Waals surface area (Å²) in [7, 11) is 3.36. The van der Waals surface area contributed by atoms with E-state index >= 15 is 0 Å². The van der Waals surface area contributed by atoms with Crippen LogP contribution in [0.15, 0.2) is 64.8 Å². The normalized spacial score (nSPS) is 19.9. The van der Waals surface area contributed by atoms with Crippen molar-refractivity contribution in [2.45, 2.75) is 19.9 Å². The number of aliphatic imine (C=N–C) groups is 1. The molecule has 1 aliphatic carbocycles. The van der Waals surface area contributed by atoms with E-state index in [0.29, 0.717) is 43.0 Å². The minimum absolute atomic E-state index is 0.410. The molecule has 9 heteroatoms. The van der Waals surface area contributed by atoms with Gasteiger partial charge in [0.15, 0.2) is 11.5 Å². The molecule has 1 aromatic rings. The molecule has 1 unspecified atom stereocenters. The van der Waals surface area contributed by atoms with Gasteiger partial charge in [0.2, 0.25) is 5.88 Å². The lowest BCUT2D eigenvalue weighted by molar-refractivity contribution is 0.0357. The first kappa shape index (κ1) is 26.6. The molecule has 9 nitrogen and oxygen atoms in total. The molecule has 0 spiro atoms. The van der Waals surface area contributed by atoms with E-state index in [1.54, 1.807) is 20.5 Å². The summed E-state index contributed by atoms with van der Waals surface area (Å²) in [5.74, 6) is 3.06. The van der Waals surface area contributed by atoms with Gasteiger partial charge in [-0.1, -0.05) is 25.2 Å². The van der Waals surface area contributed by atoms with Crippen LogP contribution < -0.4 is 30.2 Å². The topological polar surface area (TPSA) is 88.6 Å². The molecule has 0 radical (unpaired) electrons. The van der Waals surface area contributed by atoms with Crippen molar-refractivity contribution < 1.29 is 18.9 Å². The predicted octanol–water partition coefficient (Wildman–Crippen LogP) is 2.93. The Bertz CT molecular complexity index is 1060. The molecule has 2 aliphatic heterocycles. The molecule has 0 amide bonds. The van der Waals surface area contributed by atoms with E-state index < -0.39 is 0 Å². The summed E-state index contributed by atoms with van der Waals surface area (Å²) < 4.78 is 23.5. The van der Waals surface area contributed by atoms with Crippen LogP contribution in [0.1, 0.15) is 18.9 Å². The Kier molecular flexibility index (Phi) is 9.90. The van der Waals surface area contributed by atoms with Crippen LogP contribution in [0, 0.1) is 5.92 Å². The first-order chi connectivity index (χ1) is 18.2. The quantitative estimate of drug-likeness (QED) is 0.238. The van der Waals surface area contributed by atoms with E-state index in [9.17, 15) is 0 Å². The highest BCUT2D eigenvalue weighted by Crippen LogP contribution is 2.37. The fourth-order valence-electron chi connectivity index (χ4n) is 4.24. The summed E-state index contributed by atoms with van der Waals surface area (Å²) in [5.41, 5.74) is 2.91. The molecule has 2 heterocycles. The number of allylic oxidation sites excluding steroid dienone is 5. The third-order valence-corrected chi connectivity index (χ3v) is 6.37. The van der Waals surface area contributed by atoms with Gasteiger partial charge in [0.05, 0.1) is 45.5 Å². The highest BCUT2D eigenvalue weighted by molar-refractivity contribution is 5.58. The molecule has 1 atom stereocenters. The van der Waals surface area contributed by atoms with Crippen LogP contribution in [-0.4, -0.2) is 71.4 Å². The van der Waals surface area contributed by atoms with Crippen molar-refractivity contribution in [1.29, 1.82) is 0 Å². The van der Waals surface area contributed by atoms with Gasteiger partial charge in [-0.15, -0.1) is 0 Å². The van der Waals surface area contributed by atoms with Crippen LogP contribution in [-0.2, 0) is 11.3 Å². The Hall–Kier alpha value is -3.43. The number of ether oxygens (including phenoxy) is 4. The number of fused-ring (bicyclic) bond motifs is 1.